The van der Waals surface area contributed by atoms with E-state index in [0.717, 1.165) is 12.8 Å². The first kappa shape index (κ1) is 17.3. The van der Waals surface area contributed by atoms with Crippen LogP contribution in [0.25, 0.3) is 0 Å². The van der Waals surface area contributed by atoms with Crippen LogP contribution >= 0.6 is 35.6 Å². The third-order valence-electron chi connectivity index (χ3n) is 4.35. The molecule has 1 heterocycles. The molecule has 2 N–H and O–H groups in total. The van der Waals surface area contributed by atoms with E-state index in [-0.39, 0.29) is 29.3 Å². The monoisotopic (exact) mass is 370 g/mol. The van der Waals surface area contributed by atoms with Crippen LogP contribution in [0.2, 0.25) is 10.0 Å². The molecule has 1 aromatic carbocycles. The van der Waals surface area contributed by atoms with E-state index in [9.17, 15) is 8.42 Å². The van der Waals surface area contributed by atoms with Crippen molar-refractivity contribution in [1.82, 2.24) is 4.31 Å². The Hall–Kier alpha value is -0.0400. The van der Waals surface area contributed by atoms with E-state index in [0.29, 0.717) is 29.1 Å². The largest absolute Gasteiger partial charge is 0.327 e. The highest BCUT2D eigenvalue weighted by Gasteiger charge is 2.45. The van der Waals surface area contributed by atoms with E-state index in [1.54, 1.807) is 0 Å². The fourth-order valence-electron chi connectivity index (χ4n) is 3.29. The molecule has 0 amide bonds. The molecule has 0 aromatic heterocycles. The van der Waals surface area contributed by atoms with Crippen molar-refractivity contribution in [2.45, 2.75) is 23.8 Å². The molecule has 118 valence electrons. The van der Waals surface area contributed by atoms with E-state index >= 15 is 0 Å². The van der Waals surface area contributed by atoms with Crippen molar-refractivity contribution < 1.29 is 8.42 Å². The van der Waals surface area contributed by atoms with Crippen LogP contribution < -0.4 is 5.73 Å². The number of benzene rings is 1. The molecule has 1 aliphatic carbocycles. The number of hydrogen-bond donors (Lipinski definition) is 1. The summed E-state index contributed by atoms with van der Waals surface area (Å²) in [7, 11) is -3.54. The van der Waals surface area contributed by atoms with Crippen LogP contribution in [0.4, 0.5) is 0 Å². The normalized spacial score (nSPS) is 29.2. The van der Waals surface area contributed by atoms with Gasteiger partial charge in [-0.3, -0.25) is 0 Å². The highest BCUT2D eigenvalue weighted by molar-refractivity contribution is 7.89. The topological polar surface area (TPSA) is 63.4 Å². The van der Waals surface area contributed by atoms with Crippen LogP contribution in [-0.4, -0.2) is 31.9 Å². The second-order valence-corrected chi connectivity index (χ2v) is 8.40. The molecule has 4 nitrogen and oxygen atoms in total. The zero-order valence-electron chi connectivity index (χ0n) is 11.2. The first-order valence-electron chi connectivity index (χ1n) is 6.60. The standard InChI is InChI=1S/C13H16Cl2N2O2S.ClH/c14-9-3-10(15)5-11(4-9)20(18,19)17-6-8-1-2-13(16)12(8)7-17;/h3-5,8,12-13H,1-2,6-7,16H2;1H. The van der Waals surface area contributed by atoms with Gasteiger partial charge in [0.1, 0.15) is 0 Å². The maximum absolute atomic E-state index is 12.6. The van der Waals surface area contributed by atoms with E-state index in [1.807, 2.05) is 0 Å². The molecule has 1 saturated carbocycles. The van der Waals surface area contributed by atoms with Crippen molar-refractivity contribution >= 4 is 45.6 Å². The van der Waals surface area contributed by atoms with Crippen LogP contribution in [0.15, 0.2) is 23.1 Å². The van der Waals surface area contributed by atoms with Crippen molar-refractivity contribution in [1.29, 1.82) is 0 Å². The number of sulfonamides is 1. The van der Waals surface area contributed by atoms with Crippen molar-refractivity contribution in [2.24, 2.45) is 17.6 Å². The van der Waals surface area contributed by atoms with Gasteiger partial charge in [-0.25, -0.2) is 8.42 Å². The van der Waals surface area contributed by atoms with Gasteiger partial charge in [-0.15, -0.1) is 12.4 Å². The molecule has 3 unspecified atom stereocenters. The first-order chi connectivity index (χ1) is 9.38. The molecule has 3 atom stereocenters. The molecule has 21 heavy (non-hydrogen) atoms. The number of nitrogens with zero attached hydrogens (tertiary/aromatic N) is 1. The maximum atomic E-state index is 12.6. The molecule has 3 rings (SSSR count). The van der Waals surface area contributed by atoms with Crippen molar-refractivity contribution in [2.75, 3.05) is 13.1 Å². The third kappa shape index (κ3) is 3.19. The number of nitrogens with two attached hydrogens (primary N) is 1. The van der Waals surface area contributed by atoms with Gasteiger partial charge < -0.3 is 5.73 Å². The Bertz CT molecular complexity index is 618. The number of fused-ring (bicyclic) bond motifs is 1. The van der Waals surface area contributed by atoms with Gasteiger partial charge in [-0.1, -0.05) is 23.2 Å². The Kier molecular flexibility index (Phi) is 5.13. The van der Waals surface area contributed by atoms with Gasteiger partial charge in [-0.05, 0) is 42.9 Å². The van der Waals surface area contributed by atoms with E-state index in [4.69, 9.17) is 28.9 Å². The van der Waals surface area contributed by atoms with Gasteiger partial charge >= 0.3 is 0 Å². The van der Waals surface area contributed by atoms with Crippen LogP contribution in [-0.2, 0) is 10.0 Å². The molecule has 1 aromatic rings. The van der Waals surface area contributed by atoms with Crippen LogP contribution in [0.1, 0.15) is 12.8 Å². The lowest BCUT2D eigenvalue weighted by molar-refractivity contribution is 0.427. The molecule has 8 heteroatoms. The van der Waals surface area contributed by atoms with Crippen LogP contribution in [0.5, 0.6) is 0 Å². The molecule has 1 saturated heterocycles. The average Bonchev–Trinajstić information content (AvgIpc) is 2.91. The van der Waals surface area contributed by atoms with E-state index < -0.39 is 10.0 Å². The highest BCUT2D eigenvalue weighted by Crippen LogP contribution is 2.39. The second kappa shape index (κ2) is 6.22. The molecular formula is C13H17Cl3N2O2S. The molecule has 0 radical (unpaired) electrons. The molecular weight excluding hydrogens is 355 g/mol. The Balaban J connectivity index is 0.00000161. The summed E-state index contributed by atoms with van der Waals surface area (Å²) in [6, 6.07) is 4.52. The minimum Gasteiger partial charge on any atom is -0.327 e. The Morgan fingerprint density at radius 1 is 1.10 bits per heavy atom. The number of hydrogen-bond acceptors (Lipinski definition) is 3. The lowest BCUT2D eigenvalue weighted by atomic mass is 9.98. The molecule has 0 spiro atoms. The summed E-state index contributed by atoms with van der Waals surface area (Å²) < 4.78 is 26.8. The Morgan fingerprint density at radius 2 is 1.71 bits per heavy atom. The Morgan fingerprint density at radius 3 is 2.29 bits per heavy atom. The summed E-state index contributed by atoms with van der Waals surface area (Å²) in [6.07, 6.45) is 2.00. The molecule has 0 bridgehead atoms. The second-order valence-electron chi connectivity index (χ2n) is 5.59. The predicted octanol–water partition coefficient (Wildman–Crippen LogP) is 2.77. The van der Waals surface area contributed by atoms with Gasteiger partial charge in [0, 0.05) is 29.2 Å². The van der Waals surface area contributed by atoms with Crippen LogP contribution in [0.3, 0.4) is 0 Å². The molecule has 2 fully saturated rings. The van der Waals surface area contributed by atoms with Crippen LogP contribution in [0, 0.1) is 11.8 Å². The third-order valence-corrected chi connectivity index (χ3v) is 6.60. The van der Waals surface area contributed by atoms with Gasteiger partial charge in [-0.2, -0.15) is 4.31 Å². The van der Waals surface area contributed by atoms with Gasteiger partial charge in [0.2, 0.25) is 10.0 Å². The molecule has 2 aliphatic rings. The lowest BCUT2D eigenvalue weighted by Gasteiger charge is -2.19. The first-order valence-corrected chi connectivity index (χ1v) is 8.79. The quantitative estimate of drug-likeness (QED) is 0.869. The predicted molar refractivity (Wildman–Crippen MR) is 86.7 cm³/mol. The number of halogens is 3. The summed E-state index contributed by atoms with van der Waals surface area (Å²) in [6.45, 7) is 1.04. The average molecular weight is 372 g/mol. The fourth-order valence-corrected chi connectivity index (χ4v) is 5.55. The molecule has 1 aliphatic heterocycles. The van der Waals surface area contributed by atoms with E-state index in [1.165, 1.54) is 22.5 Å². The van der Waals surface area contributed by atoms with Crippen molar-refractivity contribution in [3.63, 3.8) is 0 Å². The van der Waals surface area contributed by atoms with Gasteiger partial charge in [0.15, 0.2) is 0 Å². The number of rotatable bonds is 2. The minimum absolute atomic E-state index is 0. The fraction of sp³-hybridized carbons (Fsp3) is 0.538. The summed E-state index contributed by atoms with van der Waals surface area (Å²) in [4.78, 5) is 0.156. The SMILES string of the molecule is Cl.NC1CCC2CN(S(=O)(=O)c3cc(Cl)cc(Cl)c3)CC12. The minimum atomic E-state index is -3.54. The van der Waals surface area contributed by atoms with Crippen molar-refractivity contribution in [3.8, 4) is 0 Å². The summed E-state index contributed by atoms with van der Waals surface area (Å²) in [5.74, 6) is 0.661. The summed E-state index contributed by atoms with van der Waals surface area (Å²) in [5.41, 5.74) is 6.05. The van der Waals surface area contributed by atoms with Crippen molar-refractivity contribution in [3.05, 3.63) is 28.2 Å². The Labute approximate surface area is 141 Å². The van der Waals surface area contributed by atoms with E-state index in [2.05, 4.69) is 0 Å². The van der Waals surface area contributed by atoms with Gasteiger partial charge in [0.05, 0.1) is 4.90 Å². The smallest absolute Gasteiger partial charge is 0.243 e. The maximum Gasteiger partial charge on any atom is 0.243 e. The van der Waals surface area contributed by atoms with Gasteiger partial charge in [0.25, 0.3) is 0 Å². The highest BCUT2D eigenvalue weighted by atomic mass is 35.5. The lowest BCUT2D eigenvalue weighted by Crippen LogP contribution is -2.33. The summed E-state index contributed by atoms with van der Waals surface area (Å²) >= 11 is 11.8. The zero-order valence-corrected chi connectivity index (χ0v) is 14.4. The zero-order chi connectivity index (χ0) is 14.5. The summed E-state index contributed by atoms with van der Waals surface area (Å²) in [5, 5.41) is 0.652.